The zero-order chi connectivity index (χ0) is 15.2. The normalized spacial score (nSPS) is 11.8. The Bertz CT molecular complexity index is 1130. The van der Waals surface area contributed by atoms with Crippen LogP contribution in [0.5, 0.6) is 0 Å². The van der Waals surface area contributed by atoms with Gasteiger partial charge in [-0.05, 0) is 16.4 Å². The van der Waals surface area contributed by atoms with Crippen molar-refractivity contribution >= 4 is 33.4 Å². The molecule has 0 unspecified atom stereocenters. The summed E-state index contributed by atoms with van der Waals surface area (Å²) in [6.07, 6.45) is 0.626. The zero-order valence-electron chi connectivity index (χ0n) is 11.7. The number of nitrogens with one attached hydrogen (secondary N) is 1. The number of rotatable bonds is 3. The van der Waals surface area contributed by atoms with Gasteiger partial charge in [0.15, 0.2) is 11.5 Å². The highest BCUT2D eigenvalue weighted by Gasteiger charge is 2.16. The molecule has 4 aromatic heterocycles. The molecule has 0 saturated heterocycles. The minimum absolute atomic E-state index is 0. The molecule has 0 spiro atoms. The zero-order valence-corrected chi connectivity index (χ0v) is 11.7. The third-order valence-corrected chi connectivity index (χ3v) is 3.75. The second-order valence-electron chi connectivity index (χ2n) is 5.05. The quantitative estimate of drug-likeness (QED) is 0.525. The first-order valence-electron chi connectivity index (χ1n) is 7.00. The highest BCUT2D eigenvalue weighted by atomic mass is 16.6. The highest BCUT2D eigenvalue weighted by Crippen LogP contribution is 2.27. The Morgan fingerprint density at radius 2 is 2.00 bits per heavy atom. The molecular formula is C13H11N9O. The smallest absolute Gasteiger partial charge is 0.245 e. The number of tetrazole rings is 1. The minimum Gasteiger partial charge on any atom is -0.323 e. The van der Waals surface area contributed by atoms with Gasteiger partial charge in [-0.2, -0.15) is 5.21 Å². The topological polar surface area (TPSA) is 124 Å². The van der Waals surface area contributed by atoms with E-state index in [1.807, 2.05) is 24.3 Å². The molecule has 23 heavy (non-hydrogen) atoms. The molecule has 0 aliphatic heterocycles. The molecule has 0 aliphatic carbocycles. The van der Waals surface area contributed by atoms with E-state index in [1.165, 1.54) is 0 Å². The van der Waals surface area contributed by atoms with E-state index in [9.17, 15) is 0 Å². The van der Waals surface area contributed by atoms with Crippen molar-refractivity contribution in [2.75, 3.05) is 0 Å². The van der Waals surface area contributed by atoms with E-state index in [2.05, 4.69) is 45.5 Å². The average Bonchev–Trinajstić information content (AvgIpc) is 3.30. The summed E-state index contributed by atoms with van der Waals surface area (Å²) in [6.45, 7) is 0.648. The van der Waals surface area contributed by atoms with Gasteiger partial charge in [0.2, 0.25) is 11.3 Å². The van der Waals surface area contributed by atoms with Crippen LogP contribution in [0.2, 0.25) is 0 Å². The van der Waals surface area contributed by atoms with E-state index in [-0.39, 0.29) is 1.43 Å². The van der Waals surface area contributed by atoms with Gasteiger partial charge < -0.3 is 4.57 Å². The van der Waals surface area contributed by atoms with Crippen molar-refractivity contribution in [1.29, 1.82) is 0 Å². The number of fused-ring (bicyclic) bond motifs is 4. The Kier molecular flexibility index (Phi) is 2.39. The van der Waals surface area contributed by atoms with E-state index in [1.54, 1.807) is 0 Å². The number of para-hydroxylation sites is 1. The third-order valence-electron chi connectivity index (χ3n) is 3.75. The Balaban J connectivity index is 0.00000146. The Hall–Kier alpha value is -3.43. The second kappa shape index (κ2) is 4.53. The van der Waals surface area contributed by atoms with Gasteiger partial charge in [0.1, 0.15) is 5.52 Å². The molecule has 0 aliphatic rings. The number of H-pyrrole nitrogens is 1. The number of hydrogen-bond donors (Lipinski definition) is 1. The fraction of sp³-hybridized carbons (Fsp3) is 0.154. The largest absolute Gasteiger partial charge is 0.323 e. The minimum atomic E-state index is 0. The van der Waals surface area contributed by atoms with Gasteiger partial charge in [-0.1, -0.05) is 23.4 Å². The maximum atomic E-state index is 4.71. The molecule has 10 heteroatoms. The van der Waals surface area contributed by atoms with Crippen LogP contribution in [0.3, 0.4) is 0 Å². The lowest BCUT2D eigenvalue weighted by atomic mass is 10.2. The van der Waals surface area contributed by atoms with Crippen LogP contribution in [0.15, 0.2) is 28.9 Å². The molecule has 0 saturated carbocycles. The van der Waals surface area contributed by atoms with Crippen LogP contribution in [0.1, 0.15) is 7.25 Å². The summed E-state index contributed by atoms with van der Waals surface area (Å²) in [5.41, 5.74) is 3.34. The highest BCUT2D eigenvalue weighted by molar-refractivity contribution is 6.05. The first kappa shape index (κ1) is 12.1. The number of benzene rings is 1. The molecule has 0 fully saturated rings. The molecule has 5 aromatic rings. The van der Waals surface area contributed by atoms with Crippen LogP contribution in [-0.4, -0.2) is 45.5 Å². The van der Waals surface area contributed by atoms with Gasteiger partial charge in [-0.15, -0.1) is 10.2 Å². The van der Waals surface area contributed by atoms with Crippen LogP contribution < -0.4 is 0 Å². The van der Waals surface area contributed by atoms with Crippen molar-refractivity contribution < 1.29 is 6.06 Å². The summed E-state index contributed by atoms with van der Waals surface area (Å²) in [7, 11) is 0. The van der Waals surface area contributed by atoms with E-state index < -0.39 is 0 Å². The van der Waals surface area contributed by atoms with Crippen LogP contribution in [-0.2, 0) is 13.0 Å². The fourth-order valence-corrected chi connectivity index (χ4v) is 2.75. The van der Waals surface area contributed by atoms with Crippen LogP contribution in [0.4, 0.5) is 0 Å². The summed E-state index contributed by atoms with van der Waals surface area (Å²) in [5.74, 6) is 0.646. The van der Waals surface area contributed by atoms with Crippen molar-refractivity contribution in [3.8, 4) is 0 Å². The maximum Gasteiger partial charge on any atom is 0.245 e. The lowest BCUT2D eigenvalue weighted by Gasteiger charge is -2.04. The predicted octanol–water partition coefficient (Wildman–Crippen LogP) is 1.12. The van der Waals surface area contributed by atoms with E-state index in [0.29, 0.717) is 30.1 Å². The van der Waals surface area contributed by atoms with Crippen LogP contribution in [0, 0.1) is 0 Å². The summed E-state index contributed by atoms with van der Waals surface area (Å²) in [6, 6.07) is 8.00. The monoisotopic (exact) mass is 309 g/mol. The first-order valence-corrected chi connectivity index (χ1v) is 7.00. The van der Waals surface area contributed by atoms with Gasteiger partial charge in [0.05, 0.1) is 5.52 Å². The van der Waals surface area contributed by atoms with Gasteiger partial charge in [-0.3, -0.25) is 0 Å². The van der Waals surface area contributed by atoms with E-state index >= 15 is 0 Å². The van der Waals surface area contributed by atoms with Crippen LogP contribution >= 0.6 is 0 Å². The van der Waals surface area contributed by atoms with Crippen molar-refractivity contribution in [3.05, 3.63) is 30.1 Å². The molecule has 0 bridgehead atoms. The molecular weight excluding hydrogens is 298 g/mol. The molecule has 114 valence electrons. The number of aromatic amines is 1. The van der Waals surface area contributed by atoms with Gasteiger partial charge >= 0.3 is 0 Å². The molecule has 1 aromatic carbocycles. The Labute approximate surface area is 129 Å². The van der Waals surface area contributed by atoms with Gasteiger partial charge in [0, 0.05) is 19.8 Å². The molecule has 10 nitrogen and oxygen atoms in total. The predicted molar refractivity (Wildman–Crippen MR) is 80.4 cm³/mol. The van der Waals surface area contributed by atoms with Crippen molar-refractivity contribution in [3.63, 3.8) is 0 Å². The fourth-order valence-electron chi connectivity index (χ4n) is 2.75. The molecule has 5 rings (SSSR count). The van der Waals surface area contributed by atoms with Crippen LogP contribution in [0.25, 0.3) is 33.4 Å². The third kappa shape index (κ3) is 1.78. The molecule has 0 atom stereocenters. The van der Waals surface area contributed by atoms with E-state index in [4.69, 9.17) is 4.63 Å². The van der Waals surface area contributed by atoms with Crippen molar-refractivity contribution in [2.45, 2.75) is 13.0 Å². The summed E-state index contributed by atoms with van der Waals surface area (Å²) >= 11 is 0. The number of nitrogens with zero attached hydrogens (tertiary/aromatic N) is 8. The maximum absolute atomic E-state index is 4.71. The van der Waals surface area contributed by atoms with Crippen molar-refractivity contribution in [2.24, 2.45) is 0 Å². The number of hydrogen-bond acceptors (Lipinski definition) is 8. The molecule has 0 amide bonds. The molecule has 0 radical (unpaired) electrons. The SMILES string of the molecule is [HH].c1ccc2c(c1)c1nc3nonc3nc1n2CCc1nn[nH]n1. The standard InChI is InChI=1S/C13H9N9O.H2/c1-2-4-8-7(3-1)10-13(15-12-11(14-10)18-23-19-12)22(8)6-5-9-16-20-21-17-9;/h1-4H,5-6H2,(H,16,17,20,21);1H. The Morgan fingerprint density at radius 1 is 1.13 bits per heavy atom. The first-order chi connectivity index (χ1) is 11.4. The summed E-state index contributed by atoms with van der Waals surface area (Å²) in [4.78, 5) is 9.07. The lowest BCUT2D eigenvalue weighted by molar-refractivity contribution is 0.314. The number of aryl methyl sites for hydroxylation is 2. The summed E-state index contributed by atoms with van der Waals surface area (Å²) < 4.78 is 6.78. The van der Waals surface area contributed by atoms with Gasteiger partial charge in [0.25, 0.3) is 0 Å². The average molecular weight is 309 g/mol. The second-order valence-corrected chi connectivity index (χ2v) is 5.05. The summed E-state index contributed by atoms with van der Waals surface area (Å²) in [5, 5.41) is 22.6. The van der Waals surface area contributed by atoms with Crippen molar-refractivity contribution in [1.82, 2.24) is 45.5 Å². The molecule has 1 N–H and O–H groups in total. The molecule has 4 heterocycles. The van der Waals surface area contributed by atoms with E-state index in [0.717, 1.165) is 22.1 Å². The van der Waals surface area contributed by atoms with Gasteiger partial charge in [-0.25, -0.2) is 14.6 Å². The number of aromatic nitrogens is 9. The Morgan fingerprint density at radius 3 is 2.87 bits per heavy atom. The lowest BCUT2D eigenvalue weighted by Crippen LogP contribution is -2.04.